The fourth-order valence-electron chi connectivity index (χ4n) is 3.27. The lowest BCUT2D eigenvalue weighted by Gasteiger charge is -2.17. The molecular weight excluding hydrogens is 490 g/mol. The third-order valence-electron chi connectivity index (χ3n) is 4.59. The van der Waals surface area contributed by atoms with Crippen LogP contribution in [0.4, 0.5) is 5.13 Å². The number of nitrogens with one attached hydrogen (secondary N) is 2. The van der Waals surface area contributed by atoms with Crippen molar-refractivity contribution in [2.45, 2.75) is 22.8 Å². The minimum Gasteiger partial charge on any atom is -0.375 e. The lowest BCUT2D eigenvalue weighted by molar-refractivity contribution is 0.567. The second kappa shape index (κ2) is 8.40. The Labute approximate surface area is 192 Å². The molecule has 0 saturated heterocycles. The molecule has 174 valence electrons. The standard InChI is InChI=1S/C17H19N9O4S3/c1-8(18)7-21-33(29,30)12-6-5-9(10-3-2-4-11-14(10)22-17(19)31-11)13(15(12)32(20,27)28)16-23-25-26-24-16/h2-6,8,21H,7,18H2,1H3,(H2,19,22)(H2,20,27,28)(H,23,24,25,26)/t8-/m1/s1. The summed E-state index contributed by atoms with van der Waals surface area (Å²) in [4.78, 5) is 3.08. The Morgan fingerprint density at radius 1 is 1.15 bits per heavy atom. The van der Waals surface area contributed by atoms with Gasteiger partial charge in [0.15, 0.2) is 5.13 Å². The van der Waals surface area contributed by atoms with Gasteiger partial charge in [-0.2, -0.15) is 5.21 Å². The maximum atomic E-state index is 13.0. The molecule has 2 aromatic carbocycles. The number of para-hydroxylation sites is 1. The predicted octanol–water partition coefficient (Wildman–Crippen LogP) is -0.00150. The van der Waals surface area contributed by atoms with Crippen molar-refractivity contribution in [2.75, 3.05) is 12.3 Å². The second-order valence-corrected chi connectivity index (χ2v) is 11.4. The van der Waals surface area contributed by atoms with E-state index >= 15 is 0 Å². The molecule has 0 spiro atoms. The van der Waals surface area contributed by atoms with Crippen LogP contribution in [-0.2, 0) is 20.0 Å². The molecule has 2 heterocycles. The molecule has 0 unspecified atom stereocenters. The molecule has 2 aromatic heterocycles. The minimum atomic E-state index is -4.61. The van der Waals surface area contributed by atoms with Gasteiger partial charge in [-0.1, -0.05) is 29.5 Å². The maximum Gasteiger partial charge on any atom is 0.241 e. The molecule has 0 aliphatic rings. The van der Waals surface area contributed by atoms with Crippen LogP contribution in [0.3, 0.4) is 0 Å². The van der Waals surface area contributed by atoms with Crippen LogP contribution in [0, 0.1) is 0 Å². The smallest absolute Gasteiger partial charge is 0.241 e. The van der Waals surface area contributed by atoms with Gasteiger partial charge in [0.2, 0.25) is 25.9 Å². The van der Waals surface area contributed by atoms with E-state index in [-0.39, 0.29) is 23.5 Å². The third kappa shape index (κ3) is 4.43. The number of primary sulfonamides is 1. The normalized spacial score (nSPS) is 13.4. The average Bonchev–Trinajstić information content (AvgIpc) is 3.39. The number of H-pyrrole nitrogens is 1. The summed E-state index contributed by atoms with van der Waals surface area (Å²) in [6.45, 7) is 1.47. The van der Waals surface area contributed by atoms with E-state index < -0.39 is 35.9 Å². The summed E-state index contributed by atoms with van der Waals surface area (Å²) >= 11 is 1.25. The van der Waals surface area contributed by atoms with E-state index in [4.69, 9.17) is 16.6 Å². The first-order chi connectivity index (χ1) is 15.5. The van der Waals surface area contributed by atoms with Crippen molar-refractivity contribution in [2.24, 2.45) is 10.9 Å². The quantitative estimate of drug-likeness (QED) is 0.224. The second-order valence-electron chi connectivity index (χ2n) is 7.13. The zero-order chi connectivity index (χ0) is 24.0. The van der Waals surface area contributed by atoms with Gasteiger partial charge in [0.05, 0.1) is 15.8 Å². The van der Waals surface area contributed by atoms with Crippen LogP contribution in [0.1, 0.15) is 6.92 Å². The predicted molar refractivity (Wildman–Crippen MR) is 123 cm³/mol. The molecule has 0 amide bonds. The molecule has 4 rings (SSSR count). The summed E-state index contributed by atoms with van der Waals surface area (Å²) in [6, 6.07) is 7.30. The Bertz CT molecular complexity index is 1550. The number of hydrogen-bond acceptors (Lipinski definition) is 11. The van der Waals surface area contributed by atoms with Crippen LogP contribution in [0.2, 0.25) is 0 Å². The molecule has 13 nitrogen and oxygen atoms in total. The first-order valence-electron chi connectivity index (χ1n) is 9.33. The lowest BCUT2D eigenvalue weighted by Crippen LogP contribution is -2.36. The number of nitrogens with zero attached hydrogens (tertiary/aromatic N) is 4. The SMILES string of the molecule is C[C@@H](N)CNS(=O)(=O)c1ccc(-c2cccc3sc(N)nc23)c(-c2nn[nH]n2)c1S(N)(=O)=O. The van der Waals surface area contributed by atoms with Crippen molar-refractivity contribution in [3.05, 3.63) is 30.3 Å². The van der Waals surface area contributed by atoms with E-state index in [0.29, 0.717) is 16.2 Å². The highest BCUT2D eigenvalue weighted by molar-refractivity contribution is 7.92. The van der Waals surface area contributed by atoms with Gasteiger partial charge in [-0.15, -0.1) is 10.2 Å². The van der Waals surface area contributed by atoms with Gasteiger partial charge >= 0.3 is 0 Å². The first-order valence-corrected chi connectivity index (χ1v) is 13.2. The number of fused-ring (bicyclic) bond motifs is 1. The topological polar surface area (TPSA) is 226 Å². The van der Waals surface area contributed by atoms with Gasteiger partial charge in [-0.25, -0.2) is 31.7 Å². The van der Waals surface area contributed by atoms with Crippen LogP contribution in [0.5, 0.6) is 0 Å². The average molecular weight is 510 g/mol. The summed E-state index contributed by atoms with van der Waals surface area (Å²) < 4.78 is 54.6. The van der Waals surface area contributed by atoms with Gasteiger partial charge < -0.3 is 11.5 Å². The summed E-state index contributed by atoms with van der Waals surface area (Å²) in [6.07, 6.45) is 0. The summed E-state index contributed by atoms with van der Waals surface area (Å²) in [5, 5.41) is 19.3. The number of nitrogens with two attached hydrogens (primary N) is 3. The van der Waals surface area contributed by atoms with E-state index in [2.05, 4.69) is 30.3 Å². The van der Waals surface area contributed by atoms with Crippen LogP contribution >= 0.6 is 11.3 Å². The molecule has 0 fully saturated rings. The molecule has 0 bridgehead atoms. The molecule has 33 heavy (non-hydrogen) atoms. The summed E-state index contributed by atoms with van der Waals surface area (Å²) in [5.74, 6) is -0.168. The van der Waals surface area contributed by atoms with Gasteiger partial charge in [-0.05, 0) is 29.8 Å². The fourth-order valence-corrected chi connectivity index (χ4v) is 6.78. The molecule has 0 radical (unpaired) electrons. The van der Waals surface area contributed by atoms with Crippen LogP contribution in [-0.4, -0.2) is 55.0 Å². The third-order valence-corrected chi connectivity index (χ3v) is 8.02. The number of rotatable bonds is 7. The number of aromatic nitrogens is 5. The Hall–Kier alpha value is -3.02. The highest BCUT2D eigenvalue weighted by Gasteiger charge is 2.32. The number of hydrogen-bond donors (Lipinski definition) is 5. The van der Waals surface area contributed by atoms with Gasteiger partial charge in [0, 0.05) is 18.2 Å². The Morgan fingerprint density at radius 2 is 1.91 bits per heavy atom. The van der Waals surface area contributed by atoms with Crippen molar-refractivity contribution in [3.63, 3.8) is 0 Å². The number of anilines is 1. The van der Waals surface area contributed by atoms with E-state index in [0.717, 1.165) is 10.8 Å². The number of nitrogen functional groups attached to an aromatic ring is 1. The van der Waals surface area contributed by atoms with E-state index in [9.17, 15) is 16.8 Å². The van der Waals surface area contributed by atoms with Crippen molar-refractivity contribution >= 4 is 46.7 Å². The number of benzene rings is 2. The highest BCUT2D eigenvalue weighted by atomic mass is 32.2. The summed E-state index contributed by atoms with van der Waals surface area (Å²) in [5.41, 5.74) is 12.6. The first kappa shape index (κ1) is 23.1. The largest absolute Gasteiger partial charge is 0.375 e. The van der Waals surface area contributed by atoms with Crippen LogP contribution < -0.4 is 21.3 Å². The minimum absolute atomic E-state index is 0.122. The number of thiazole rings is 1. The van der Waals surface area contributed by atoms with Crippen molar-refractivity contribution in [3.8, 4) is 22.5 Å². The highest BCUT2D eigenvalue weighted by Crippen LogP contribution is 2.41. The van der Waals surface area contributed by atoms with Crippen molar-refractivity contribution in [1.29, 1.82) is 0 Å². The van der Waals surface area contributed by atoms with E-state index in [1.54, 1.807) is 25.1 Å². The van der Waals surface area contributed by atoms with E-state index in [1.807, 2.05) is 0 Å². The molecule has 0 aliphatic carbocycles. The molecular formula is C17H19N9O4S3. The number of tetrazole rings is 1. The molecule has 0 aliphatic heterocycles. The van der Waals surface area contributed by atoms with Gasteiger partial charge in [0.1, 0.15) is 9.79 Å². The van der Waals surface area contributed by atoms with E-state index in [1.165, 1.54) is 17.4 Å². The zero-order valence-electron chi connectivity index (χ0n) is 17.0. The molecule has 8 N–H and O–H groups in total. The number of aromatic amines is 1. The van der Waals surface area contributed by atoms with Crippen LogP contribution in [0.25, 0.3) is 32.7 Å². The maximum absolute atomic E-state index is 13.0. The van der Waals surface area contributed by atoms with Crippen molar-refractivity contribution in [1.82, 2.24) is 30.3 Å². The van der Waals surface area contributed by atoms with Crippen LogP contribution in [0.15, 0.2) is 40.1 Å². The molecule has 1 atom stereocenters. The molecule has 16 heteroatoms. The molecule has 4 aromatic rings. The Morgan fingerprint density at radius 3 is 2.55 bits per heavy atom. The summed E-state index contributed by atoms with van der Waals surface area (Å²) in [7, 11) is -8.93. The molecule has 0 saturated carbocycles. The van der Waals surface area contributed by atoms with Crippen molar-refractivity contribution < 1.29 is 16.8 Å². The Balaban J connectivity index is 2.10. The number of sulfonamides is 2. The fraction of sp³-hybridized carbons (Fsp3) is 0.176. The Kier molecular flexibility index (Phi) is 5.89. The zero-order valence-corrected chi connectivity index (χ0v) is 19.5. The van der Waals surface area contributed by atoms with Gasteiger partial charge in [0.25, 0.3) is 0 Å². The van der Waals surface area contributed by atoms with Gasteiger partial charge in [-0.3, -0.25) is 0 Å². The lowest BCUT2D eigenvalue weighted by atomic mass is 9.98. The monoisotopic (exact) mass is 509 g/mol.